The summed E-state index contributed by atoms with van der Waals surface area (Å²) in [5.74, 6) is -0.669. The van der Waals surface area contributed by atoms with Crippen LogP contribution < -0.4 is 5.32 Å². The molecule has 0 bridgehead atoms. The van der Waals surface area contributed by atoms with E-state index >= 15 is 0 Å². The molecule has 2 aromatic rings. The van der Waals surface area contributed by atoms with Crippen molar-refractivity contribution in [3.63, 3.8) is 0 Å². The van der Waals surface area contributed by atoms with Crippen molar-refractivity contribution >= 4 is 15.9 Å². The highest BCUT2D eigenvalue weighted by molar-refractivity contribution is 7.89. The van der Waals surface area contributed by atoms with Crippen molar-refractivity contribution in [1.29, 1.82) is 0 Å². The molecule has 150 valence electrons. The third-order valence-electron chi connectivity index (χ3n) is 4.51. The second-order valence-corrected chi connectivity index (χ2v) is 8.85. The van der Waals surface area contributed by atoms with Crippen LogP contribution in [-0.4, -0.2) is 43.9 Å². The summed E-state index contributed by atoms with van der Waals surface area (Å²) in [4.78, 5) is 12.4. The van der Waals surface area contributed by atoms with Crippen LogP contribution in [0.1, 0.15) is 29.8 Å². The first kappa shape index (κ1) is 20.4. The van der Waals surface area contributed by atoms with Gasteiger partial charge in [-0.2, -0.15) is 4.31 Å². The number of amides is 1. The van der Waals surface area contributed by atoms with Gasteiger partial charge in [-0.25, -0.2) is 12.8 Å². The summed E-state index contributed by atoms with van der Waals surface area (Å²) in [6, 6.07) is 11.7. The number of benzene rings is 2. The van der Waals surface area contributed by atoms with E-state index in [0.717, 1.165) is 5.56 Å². The van der Waals surface area contributed by atoms with E-state index in [9.17, 15) is 17.6 Å². The van der Waals surface area contributed by atoms with Crippen molar-refractivity contribution < 1.29 is 22.3 Å². The number of nitrogens with zero attached hydrogens (tertiary/aromatic N) is 1. The predicted octanol–water partition coefficient (Wildman–Crippen LogP) is 2.55. The highest BCUT2D eigenvalue weighted by atomic mass is 32.2. The van der Waals surface area contributed by atoms with Gasteiger partial charge in [-0.3, -0.25) is 4.79 Å². The van der Waals surface area contributed by atoms with E-state index in [1.54, 1.807) is 12.1 Å². The molecule has 1 amide bonds. The minimum absolute atomic E-state index is 0.142. The normalized spacial score (nSPS) is 20.7. The molecule has 2 atom stereocenters. The minimum Gasteiger partial charge on any atom is -0.373 e. The summed E-state index contributed by atoms with van der Waals surface area (Å²) in [5, 5.41) is 2.73. The zero-order valence-corrected chi connectivity index (χ0v) is 16.6. The lowest BCUT2D eigenvalue weighted by Crippen LogP contribution is -2.48. The topological polar surface area (TPSA) is 75.7 Å². The molecule has 0 radical (unpaired) electrons. The number of morpholine rings is 1. The van der Waals surface area contributed by atoms with Gasteiger partial charge in [-0.05, 0) is 55.8 Å². The third kappa shape index (κ3) is 4.76. The highest BCUT2D eigenvalue weighted by Crippen LogP contribution is 2.21. The van der Waals surface area contributed by atoms with Crippen LogP contribution in [-0.2, 0) is 21.3 Å². The number of carbonyl (C=O) groups is 1. The molecule has 0 aliphatic carbocycles. The van der Waals surface area contributed by atoms with E-state index in [2.05, 4.69) is 5.32 Å². The van der Waals surface area contributed by atoms with Gasteiger partial charge in [0.15, 0.2) is 0 Å². The largest absolute Gasteiger partial charge is 0.373 e. The van der Waals surface area contributed by atoms with Crippen LogP contribution in [0.4, 0.5) is 4.39 Å². The molecule has 0 unspecified atom stereocenters. The quantitative estimate of drug-likeness (QED) is 0.828. The Bertz CT molecular complexity index is 920. The average Bonchev–Trinajstić information content (AvgIpc) is 2.66. The highest BCUT2D eigenvalue weighted by Gasteiger charge is 2.32. The number of ether oxygens (including phenoxy) is 1. The zero-order valence-electron chi connectivity index (χ0n) is 15.8. The van der Waals surface area contributed by atoms with Gasteiger partial charge in [-0.1, -0.05) is 12.1 Å². The van der Waals surface area contributed by atoms with Crippen LogP contribution in [0, 0.1) is 5.82 Å². The first-order valence-corrected chi connectivity index (χ1v) is 10.5. The SMILES string of the molecule is C[C@H]1CN(S(=O)(=O)c2ccc(C(=O)NCc3ccc(F)cc3)cc2)C[C@H](C)O1. The maximum absolute atomic E-state index is 12.9. The lowest BCUT2D eigenvalue weighted by atomic mass is 10.2. The van der Waals surface area contributed by atoms with E-state index in [4.69, 9.17) is 4.74 Å². The van der Waals surface area contributed by atoms with Gasteiger partial charge in [0.2, 0.25) is 10.0 Å². The Kier molecular flexibility index (Phi) is 6.12. The molecule has 1 heterocycles. The van der Waals surface area contributed by atoms with Gasteiger partial charge in [0.1, 0.15) is 5.82 Å². The van der Waals surface area contributed by atoms with Gasteiger partial charge in [0.25, 0.3) is 5.91 Å². The molecule has 1 aliphatic heterocycles. The summed E-state index contributed by atoms with van der Waals surface area (Å²) in [5.41, 5.74) is 1.12. The fourth-order valence-corrected chi connectivity index (χ4v) is 4.73. The molecule has 1 N–H and O–H groups in total. The van der Waals surface area contributed by atoms with Crippen molar-refractivity contribution in [2.24, 2.45) is 0 Å². The average molecular weight is 406 g/mol. The number of hydrogen-bond acceptors (Lipinski definition) is 4. The predicted molar refractivity (Wildman–Crippen MR) is 103 cm³/mol. The molecule has 1 aliphatic rings. The van der Waals surface area contributed by atoms with Crippen molar-refractivity contribution in [1.82, 2.24) is 9.62 Å². The molecule has 28 heavy (non-hydrogen) atoms. The van der Waals surface area contributed by atoms with Gasteiger partial charge < -0.3 is 10.1 Å². The van der Waals surface area contributed by atoms with Crippen molar-refractivity contribution in [2.45, 2.75) is 37.5 Å². The summed E-state index contributed by atoms with van der Waals surface area (Å²) < 4.78 is 45.6. The molecule has 1 saturated heterocycles. The molecule has 1 fully saturated rings. The number of sulfonamides is 1. The summed E-state index contributed by atoms with van der Waals surface area (Å²) >= 11 is 0. The number of nitrogens with one attached hydrogen (secondary N) is 1. The fraction of sp³-hybridized carbons (Fsp3) is 0.350. The Labute approximate surface area is 164 Å². The summed E-state index contributed by atoms with van der Waals surface area (Å²) in [6.07, 6.45) is -0.343. The smallest absolute Gasteiger partial charge is 0.251 e. The minimum atomic E-state index is -3.64. The zero-order chi connectivity index (χ0) is 20.3. The van der Waals surface area contributed by atoms with Crippen molar-refractivity contribution in [2.75, 3.05) is 13.1 Å². The summed E-state index contributed by atoms with van der Waals surface area (Å²) in [6.45, 7) is 4.53. The number of hydrogen-bond donors (Lipinski definition) is 1. The van der Waals surface area contributed by atoms with E-state index in [1.807, 2.05) is 13.8 Å². The Morgan fingerprint density at radius 1 is 1.07 bits per heavy atom. The number of halogens is 1. The van der Waals surface area contributed by atoms with E-state index in [0.29, 0.717) is 18.7 Å². The molecule has 2 aromatic carbocycles. The Morgan fingerprint density at radius 3 is 2.21 bits per heavy atom. The molecule has 0 saturated carbocycles. The molecule has 6 nitrogen and oxygen atoms in total. The van der Waals surface area contributed by atoms with E-state index < -0.39 is 10.0 Å². The van der Waals surface area contributed by atoms with Crippen LogP contribution in [0.25, 0.3) is 0 Å². The second-order valence-electron chi connectivity index (χ2n) is 6.91. The van der Waals surface area contributed by atoms with Crippen molar-refractivity contribution in [3.8, 4) is 0 Å². The third-order valence-corrected chi connectivity index (χ3v) is 6.35. The lowest BCUT2D eigenvalue weighted by Gasteiger charge is -2.34. The van der Waals surface area contributed by atoms with Crippen LogP contribution in [0.2, 0.25) is 0 Å². The van der Waals surface area contributed by atoms with Crippen LogP contribution in [0.3, 0.4) is 0 Å². The lowest BCUT2D eigenvalue weighted by molar-refractivity contribution is -0.0440. The van der Waals surface area contributed by atoms with E-state index in [-0.39, 0.29) is 35.4 Å². The number of rotatable bonds is 5. The second kappa shape index (κ2) is 8.38. The maximum atomic E-state index is 12.9. The van der Waals surface area contributed by atoms with Gasteiger partial charge in [0.05, 0.1) is 17.1 Å². The Hall–Kier alpha value is -2.29. The Morgan fingerprint density at radius 2 is 1.64 bits per heavy atom. The van der Waals surface area contributed by atoms with E-state index in [1.165, 1.54) is 40.7 Å². The summed E-state index contributed by atoms with van der Waals surface area (Å²) in [7, 11) is -3.64. The molecule has 0 aromatic heterocycles. The van der Waals surface area contributed by atoms with Crippen LogP contribution in [0.5, 0.6) is 0 Å². The maximum Gasteiger partial charge on any atom is 0.251 e. The molecule has 8 heteroatoms. The first-order chi connectivity index (χ1) is 13.3. The van der Waals surface area contributed by atoms with Crippen LogP contribution >= 0.6 is 0 Å². The fourth-order valence-electron chi connectivity index (χ4n) is 3.14. The molecule has 0 spiro atoms. The Balaban J connectivity index is 1.66. The monoisotopic (exact) mass is 406 g/mol. The van der Waals surface area contributed by atoms with Crippen LogP contribution in [0.15, 0.2) is 53.4 Å². The van der Waals surface area contributed by atoms with Gasteiger partial charge in [0, 0.05) is 25.2 Å². The molecular weight excluding hydrogens is 383 g/mol. The standard InChI is InChI=1S/C20H23FN2O4S/c1-14-12-23(13-15(2)27-14)28(25,26)19-9-5-17(6-10-19)20(24)22-11-16-3-7-18(21)8-4-16/h3-10,14-15H,11-13H2,1-2H3,(H,22,24)/t14-,15-/m0/s1. The molecule has 3 rings (SSSR count). The first-order valence-electron chi connectivity index (χ1n) is 9.04. The molecular formula is C20H23FN2O4S. The van der Waals surface area contributed by atoms with Gasteiger partial charge in [-0.15, -0.1) is 0 Å². The van der Waals surface area contributed by atoms with Gasteiger partial charge >= 0.3 is 0 Å². The van der Waals surface area contributed by atoms with Crippen molar-refractivity contribution in [3.05, 3.63) is 65.5 Å². The number of carbonyl (C=O) groups excluding carboxylic acids is 1.